The van der Waals surface area contributed by atoms with Crippen LogP contribution in [0.2, 0.25) is 0 Å². The maximum absolute atomic E-state index is 10.3. The van der Waals surface area contributed by atoms with Crippen molar-refractivity contribution in [3.8, 4) is 0 Å². The normalized spacial score (nSPS) is 12.3. The van der Waals surface area contributed by atoms with Crippen LogP contribution in [0.3, 0.4) is 0 Å². The number of nitrogens with zero attached hydrogens (tertiary/aromatic N) is 1. The maximum atomic E-state index is 10.3. The van der Waals surface area contributed by atoms with Crippen molar-refractivity contribution in [2.75, 3.05) is 6.54 Å². The lowest BCUT2D eigenvalue weighted by Crippen LogP contribution is -2.20. The van der Waals surface area contributed by atoms with E-state index in [2.05, 4.69) is 10.3 Å². The van der Waals surface area contributed by atoms with Gasteiger partial charge < -0.3 is 10.4 Å². The Bertz CT molecular complexity index is 301. The van der Waals surface area contributed by atoms with Gasteiger partial charge >= 0.3 is 5.97 Å². The van der Waals surface area contributed by atoms with E-state index in [0.717, 1.165) is 5.56 Å². The number of rotatable bonds is 6. The third-order valence-electron chi connectivity index (χ3n) is 2.20. The van der Waals surface area contributed by atoms with Crippen molar-refractivity contribution in [3.05, 3.63) is 30.1 Å². The Balaban J connectivity index is 2.25. The first kappa shape index (κ1) is 11.7. The molecule has 82 valence electrons. The largest absolute Gasteiger partial charge is 0.481 e. The van der Waals surface area contributed by atoms with Gasteiger partial charge in [0.15, 0.2) is 0 Å². The molecular formula is C11H16N2O2. The first-order valence-electron chi connectivity index (χ1n) is 5.05. The molecule has 15 heavy (non-hydrogen) atoms. The van der Waals surface area contributed by atoms with Crippen LogP contribution in [0.1, 0.15) is 31.4 Å². The second-order valence-corrected chi connectivity index (χ2v) is 3.46. The number of aromatic nitrogens is 1. The minimum atomic E-state index is -0.745. The number of hydrogen-bond donors (Lipinski definition) is 2. The summed E-state index contributed by atoms with van der Waals surface area (Å²) >= 11 is 0. The molecule has 1 heterocycles. The Hall–Kier alpha value is -1.42. The van der Waals surface area contributed by atoms with Crippen molar-refractivity contribution in [3.63, 3.8) is 0 Å². The van der Waals surface area contributed by atoms with Crippen LogP contribution in [0.25, 0.3) is 0 Å². The molecule has 0 saturated carbocycles. The van der Waals surface area contributed by atoms with Crippen LogP contribution in [0.15, 0.2) is 24.5 Å². The molecule has 2 N–H and O–H groups in total. The molecule has 1 unspecified atom stereocenters. The Labute approximate surface area is 89.3 Å². The molecule has 1 aromatic rings. The minimum absolute atomic E-state index is 0.215. The fourth-order valence-corrected chi connectivity index (χ4v) is 1.31. The smallest absolute Gasteiger partial charge is 0.303 e. The standard InChI is InChI=1S/C11H16N2O2/c1-9(10-4-2-6-12-8-10)13-7-3-5-11(14)15/h2,4,6,8-9,13H,3,5,7H2,1H3,(H,14,15). The summed E-state index contributed by atoms with van der Waals surface area (Å²) < 4.78 is 0. The molecule has 0 aliphatic rings. The highest BCUT2D eigenvalue weighted by molar-refractivity contribution is 5.66. The molecule has 0 aliphatic carbocycles. The molecule has 1 atom stereocenters. The molecule has 0 radical (unpaired) electrons. The van der Waals surface area contributed by atoms with Crippen molar-refractivity contribution in [2.24, 2.45) is 0 Å². The fraction of sp³-hybridized carbons (Fsp3) is 0.455. The predicted molar refractivity (Wildman–Crippen MR) is 57.5 cm³/mol. The molecule has 4 nitrogen and oxygen atoms in total. The summed E-state index contributed by atoms with van der Waals surface area (Å²) in [6.45, 7) is 2.75. The van der Waals surface area contributed by atoms with Gasteiger partial charge in [0.1, 0.15) is 0 Å². The molecular weight excluding hydrogens is 192 g/mol. The van der Waals surface area contributed by atoms with Gasteiger partial charge in [-0.2, -0.15) is 0 Å². The summed E-state index contributed by atoms with van der Waals surface area (Å²) in [5.41, 5.74) is 1.12. The Morgan fingerprint density at radius 3 is 3.07 bits per heavy atom. The van der Waals surface area contributed by atoms with Crippen LogP contribution in [-0.4, -0.2) is 22.6 Å². The monoisotopic (exact) mass is 208 g/mol. The lowest BCUT2D eigenvalue weighted by atomic mass is 10.1. The second-order valence-electron chi connectivity index (χ2n) is 3.46. The summed E-state index contributed by atoms with van der Waals surface area (Å²) in [5, 5.41) is 11.7. The van der Waals surface area contributed by atoms with Crippen LogP contribution >= 0.6 is 0 Å². The van der Waals surface area contributed by atoms with Gasteiger partial charge in [-0.25, -0.2) is 0 Å². The highest BCUT2D eigenvalue weighted by atomic mass is 16.4. The highest BCUT2D eigenvalue weighted by Crippen LogP contribution is 2.09. The molecule has 4 heteroatoms. The quantitative estimate of drug-likeness (QED) is 0.697. The van der Waals surface area contributed by atoms with E-state index in [0.29, 0.717) is 13.0 Å². The molecule has 0 fully saturated rings. The summed E-state index contributed by atoms with van der Waals surface area (Å²) in [6, 6.07) is 4.11. The number of nitrogens with one attached hydrogen (secondary N) is 1. The van der Waals surface area contributed by atoms with Crippen molar-refractivity contribution >= 4 is 5.97 Å². The summed E-state index contributed by atoms with van der Waals surface area (Å²) in [7, 11) is 0. The number of carboxylic acid groups (broad SMARTS) is 1. The molecule has 0 aliphatic heterocycles. The molecule has 0 bridgehead atoms. The van der Waals surface area contributed by atoms with E-state index in [1.54, 1.807) is 6.20 Å². The lowest BCUT2D eigenvalue weighted by molar-refractivity contribution is -0.137. The van der Waals surface area contributed by atoms with E-state index < -0.39 is 5.97 Å². The van der Waals surface area contributed by atoms with Gasteiger partial charge in [0.25, 0.3) is 0 Å². The first-order chi connectivity index (χ1) is 7.20. The lowest BCUT2D eigenvalue weighted by Gasteiger charge is -2.12. The second kappa shape index (κ2) is 6.14. The third-order valence-corrected chi connectivity index (χ3v) is 2.20. The molecule has 0 saturated heterocycles. The van der Waals surface area contributed by atoms with Crippen LogP contribution in [-0.2, 0) is 4.79 Å². The van der Waals surface area contributed by atoms with Crippen LogP contribution in [0.5, 0.6) is 0 Å². The third kappa shape index (κ3) is 4.56. The zero-order valence-corrected chi connectivity index (χ0v) is 8.81. The number of carboxylic acids is 1. The van der Waals surface area contributed by atoms with Crippen LogP contribution in [0.4, 0.5) is 0 Å². The number of hydrogen-bond acceptors (Lipinski definition) is 3. The van der Waals surface area contributed by atoms with E-state index in [-0.39, 0.29) is 12.5 Å². The predicted octanol–water partition coefficient (Wildman–Crippen LogP) is 1.60. The summed E-state index contributed by atoms with van der Waals surface area (Å²) in [4.78, 5) is 14.3. The topological polar surface area (TPSA) is 62.2 Å². The fourth-order valence-electron chi connectivity index (χ4n) is 1.31. The minimum Gasteiger partial charge on any atom is -0.481 e. The van der Waals surface area contributed by atoms with Gasteiger partial charge in [-0.05, 0) is 31.5 Å². The van der Waals surface area contributed by atoms with E-state index >= 15 is 0 Å². The van der Waals surface area contributed by atoms with Gasteiger partial charge in [0.2, 0.25) is 0 Å². The van der Waals surface area contributed by atoms with Crippen LogP contribution in [0, 0.1) is 0 Å². The summed E-state index contributed by atoms with van der Waals surface area (Å²) in [5.74, 6) is -0.745. The van der Waals surface area contributed by atoms with Gasteiger partial charge in [0, 0.05) is 24.9 Å². The van der Waals surface area contributed by atoms with Gasteiger partial charge in [-0.1, -0.05) is 6.07 Å². The van der Waals surface area contributed by atoms with E-state index in [4.69, 9.17) is 5.11 Å². The SMILES string of the molecule is CC(NCCCC(=O)O)c1cccnc1. The molecule has 0 amide bonds. The van der Waals surface area contributed by atoms with Gasteiger partial charge in [-0.15, -0.1) is 0 Å². The zero-order valence-electron chi connectivity index (χ0n) is 8.81. The number of carbonyl (C=O) groups is 1. The molecule has 1 aromatic heterocycles. The Morgan fingerprint density at radius 2 is 2.47 bits per heavy atom. The Kier molecular flexibility index (Phi) is 4.77. The van der Waals surface area contributed by atoms with Gasteiger partial charge in [0.05, 0.1) is 0 Å². The Morgan fingerprint density at radius 1 is 1.67 bits per heavy atom. The average molecular weight is 208 g/mol. The molecule has 1 rings (SSSR count). The first-order valence-corrected chi connectivity index (χ1v) is 5.05. The zero-order chi connectivity index (χ0) is 11.1. The molecule has 0 aromatic carbocycles. The van der Waals surface area contributed by atoms with E-state index in [1.165, 1.54) is 0 Å². The summed E-state index contributed by atoms with van der Waals surface area (Å²) in [6.07, 6.45) is 4.42. The van der Waals surface area contributed by atoms with Gasteiger partial charge in [-0.3, -0.25) is 9.78 Å². The van der Waals surface area contributed by atoms with Crippen molar-refractivity contribution in [1.29, 1.82) is 0 Å². The van der Waals surface area contributed by atoms with Crippen molar-refractivity contribution < 1.29 is 9.90 Å². The number of pyridine rings is 1. The van der Waals surface area contributed by atoms with Crippen LogP contribution < -0.4 is 5.32 Å². The van der Waals surface area contributed by atoms with E-state index in [9.17, 15) is 4.79 Å². The maximum Gasteiger partial charge on any atom is 0.303 e. The number of aliphatic carboxylic acids is 1. The van der Waals surface area contributed by atoms with E-state index in [1.807, 2.05) is 25.3 Å². The average Bonchev–Trinajstić information content (AvgIpc) is 2.25. The van der Waals surface area contributed by atoms with Crippen molar-refractivity contribution in [2.45, 2.75) is 25.8 Å². The highest BCUT2D eigenvalue weighted by Gasteiger charge is 2.04. The van der Waals surface area contributed by atoms with Crippen molar-refractivity contribution in [1.82, 2.24) is 10.3 Å². The molecule has 0 spiro atoms.